The van der Waals surface area contributed by atoms with Crippen LogP contribution in [0.2, 0.25) is 0 Å². The second kappa shape index (κ2) is 12.6. The highest BCUT2D eigenvalue weighted by Crippen LogP contribution is 2.41. The third kappa shape index (κ3) is 6.61. The van der Waals surface area contributed by atoms with Crippen LogP contribution in [-0.2, 0) is 34.5 Å². The minimum atomic E-state index is -0.451. The Kier molecular flexibility index (Phi) is 10.4. The maximum Gasteiger partial charge on any atom is 0.175 e. The highest BCUT2D eigenvalue weighted by atomic mass is 16.5. The van der Waals surface area contributed by atoms with Crippen molar-refractivity contribution >= 4 is 12.1 Å². The molecule has 0 aliphatic carbocycles. The van der Waals surface area contributed by atoms with Gasteiger partial charge in [-0.1, -0.05) is 58.9 Å². The summed E-state index contributed by atoms with van der Waals surface area (Å²) >= 11 is 0. The van der Waals surface area contributed by atoms with Crippen LogP contribution in [0, 0.1) is 5.41 Å². The van der Waals surface area contributed by atoms with Gasteiger partial charge in [-0.3, -0.25) is 9.69 Å². The minimum Gasteiger partial charge on any atom is -0.485 e. The molecule has 198 valence electrons. The van der Waals surface area contributed by atoms with Gasteiger partial charge in [-0.25, -0.2) is 0 Å². The predicted molar refractivity (Wildman–Crippen MR) is 147 cm³/mol. The van der Waals surface area contributed by atoms with E-state index in [1.165, 1.54) is 5.56 Å². The number of benzene rings is 2. The number of Topliss-reactive ketones (excluding diaryl/α,β-unsaturated/α-hetero) is 1. The Hall–Kier alpha value is -2.54. The van der Waals surface area contributed by atoms with E-state index in [1.54, 1.807) is 0 Å². The van der Waals surface area contributed by atoms with Gasteiger partial charge >= 0.3 is 0 Å². The van der Waals surface area contributed by atoms with E-state index >= 15 is 0 Å². The molecule has 36 heavy (non-hydrogen) atoms. The first-order chi connectivity index (χ1) is 17.0. The largest absolute Gasteiger partial charge is 0.485 e. The lowest BCUT2D eigenvalue weighted by Crippen LogP contribution is -2.32. The maximum absolute atomic E-state index is 12.4. The Morgan fingerprint density at radius 1 is 0.944 bits per heavy atom. The molecule has 0 saturated heterocycles. The third-order valence-electron chi connectivity index (χ3n) is 7.46. The van der Waals surface area contributed by atoms with Crippen molar-refractivity contribution in [3.05, 3.63) is 64.2 Å². The lowest BCUT2D eigenvalue weighted by Gasteiger charge is -2.35. The molecule has 0 aromatic heterocycles. The molecule has 6 heteroatoms. The van der Waals surface area contributed by atoms with Crippen LogP contribution in [0.3, 0.4) is 0 Å². The first-order valence-electron chi connectivity index (χ1n) is 12.9. The van der Waals surface area contributed by atoms with Gasteiger partial charge in [0.2, 0.25) is 0 Å². The smallest absolute Gasteiger partial charge is 0.175 e. The summed E-state index contributed by atoms with van der Waals surface area (Å²) in [6, 6.07) is 12.5. The summed E-state index contributed by atoms with van der Waals surface area (Å²) in [6.45, 7) is 10.8. The highest BCUT2D eigenvalue weighted by Gasteiger charge is 2.32. The average Bonchev–Trinajstić information content (AvgIpc) is 2.86. The summed E-state index contributed by atoms with van der Waals surface area (Å²) in [5.41, 5.74) is 17.0. The van der Waals surface area contributed by atoms with Crippen LogP contribution < -0.4 is 16.2 Å². The number of hydrogen-bond donors (Lipinski definition) is 2. The SMILES string of the molecule is CCC(CC)(c1ccc(CC(C=O)N(C)C)c(CN)c1)c1ccc(OCC(=O)C(C)(C)C)c(CN)c1. The predicted octanol–water partition coefficient (Wildman–Crippen LogP) is 4.38. The molecule has 2 rings (SSSR count). The second-order valence-electron chi connectivity index (χ2n) is 10.8. The Bertz CT molecular complexity index is 1040. The van der Waals surface area contributed by atoms with E-state index in [2.05, 4.69) is 44.2 Å². The van der Waals surface area contributed by atoms with Crippen LogP contribution >= 0.6 is 0 Å². The number of likely N-dealkylation sites (N-methyl/N-ethyl adjacent to an activating group) is 1. The quantitative estimate of drug-likeness (QED) is 0.400. The number of aldehydes is 1. The van der Waals surface area contributed by atoms with Crippen molar-refractivity contribution in [2.24, 2.45) is 16.9 Å². The van der Waals surface area contributed by atoms with Gasteiger partial charge in [0.15, 0.2) is 5.78 Å². The molecule has 0 amide bonds. The van der Waals surface area contributed by atoms with E-state index in [-0.39, 0.29) is 23.8 Å². The van der Waals surface area contributed by atoms with Crippen LogP contribution in [-0.4, -0.2) is 43.7 Å². The molecule has 1 unspecified atom stereocenters. The third-order valence-corrected chi connectivity index (χ3v) is 7.46. The van der Waals surface area contributed by atoms with Gasteiger partial charge in [0, 0.05) is 29.5 Å². The molecule has 6 nitrogen and oxygen atoms in total. The van der Waals surface area contributed by atoms with Gasteiger partial charge in [-0.2, -0.15) is 0 Å². The number of hydrogen-bond acceptors (Lipinski definition) is 6. The van der Waals surface area contributed by atoms with E-state index in [0.717, 1.165) is 41.4 Å². The molecule has 2 aromatic carbocycles. The monoisotopic (exact) mass is 495 g/mol. The molecular formula is C30H45N3O3. The lowest BCUT2D eigenvalue weighted by molar-refractivity contribution is -0.128. The first-order valence-corrected chi connectivity index (χ1v) is 12.9. The van der Waals surface area contributed by atoms with Crippen molar-refractivity contribution < 1.29 is 14.3 Å². The van der Waals surface area contributed by atoms with Crippen LogP contribution in [0.4, 0.5) is 0 Å². The van der Waals surface area contributed by atoms with Gasteiger partial charge in [0.25, 0.3) is 0 Å². The Morgan fingerprint density at radius 2 is 1.50 bits per heavy atom. The molecule has 0 aliphatic heterocycles. The summed E-state index contributed by atoms with van der Waals surface area (Å²) in [7, 11) is 3.83. The summed E-state index contributed by atoms with van der Waals surface area (Å²) in [5, 5.41) is 0. The van der Waals surface area contributed by atoms with Gasteiger partial charge in [0.1, 0.15) is 18.6 Å². The fraction of sp³-hybridized carbons (Fsp3) is 0.533. The van der Waals surface area contributed by atoms with Gasteiger partial charge in [-0.05, 0) is 67.7 Å². The van der Waals surface area contributed by atoms with Crippen LogP contribution in [0.5, 0.6) is 5.75 Å². The molecule has 1 atom stereocenters. The Morgan fingerprint density at radius 3 is 1.97 bits per heavy atom. The number of rotatable bonds is 13. The van der Waals surface area contributed by atoms with E-state index < -0.39 is 5.41 Å². The van der Waals surface area contributed by atoms with Crippen LogP contribution in [0.25, 0.3) is 0 Å². The molecule has 2 aromatic rings. The van der Waals surface area contributed by atoms with Crippen LogP contribution in [0.15, 0.2) is 36.4 Å². The molecule has 0 aliphatic rings. The van der Waals surface area contributed by atoms with Gasteiger partial charge < -0.3 is 21.0 Å². The second-order valence-corrected chi connectivity index (χ2v) is 10.8. The summed E-state index contributed by atoms with van der Waals surface area (Å²) in [4.78, 5) is 25.9. The van der Waals surface area contributed by atoms with Crippen molar-refractivity contribution in [1.82, 2.24) is 4.90 Å². The van der Waals surface area contributed by atoms with Crippen molar-refractivity contribution in [2.75, 3.05) is 20.7 Å². The standard InChI is InChI=1S/C30H45N3O3/c1-8-30(9-2,24-11-10-21(22(14-24)17-31)16-26(19-34)33(6)7)25-12-13-27(23(15-25)18-32)36-20-28(35)29(3,4)5/h10-15,19,26H,8-9,16-18,20,31-32H2,1-7H3. The van der Waals surface area contributed by atoms with Crippen molar-refractivity contribution in [3.63, 3.8) is 0 Å². The normalized spacial score (nSPS) is 13.1. The highest BCUT2D eigenvalue weighted by molar-refractivity contribution is 5.85. The van der Waals surface area contributed by atoms with Gasteiger partial charge in [-0.15, -0.1) is 0 Å². The fourth-order valence-electron chi connectivity index (χ4n) is 4.66. The number of nitrogens with zero attached hydrogens (tertiary/aromatic N) is 1. The minimum absolute atomic E-state index is 0.0264. The molecule has 0 heterocycles. The van der Waals surface area contributed by atoms with Crippen LogP contribution in [0.1, 0.15) is 75.3 Å². The summed E-state index contributed by atoms with van der Waals surface area (Å²) in [5.74, 6) is 0.702. The lowest BCUT2D eigenvalue weighted by atomic mass is 9.69. The topological polar surface area (TPSA) is 98.6 Å². The number of nitrogens with two attached hydrogens (primary N) is 2. The Labute approximate surface area is 217 Å². The van der Waals surface area contributed by atoms with E-state index in [1.807, 2.05) is 45.8 Å². The Balaban J connectivity index is 2.47. The molecule has 4 N–H and O–H groups in total. The number of ether oxygens (including phenoxy) is 1. The first kappa shape index (κ1) is 29.7. The number of carbonyl (C=O) groups is 2. The van der Waals surface area contributed by atoms with Crippen molar-refractivity contribution in [1.29, 1.82) is 0 Å². The maximum atomic E-state index is 12.4. The van der Waals surface area contributed by atoms with Crippen molar-refractivity contribution in [2.45, 2.75) is 78.4 Å². The molecule has 0 radical (unpaired) electrons. The van der Waals surface area contributed by atoms with Crippen molar-refractivity contribution in [3.8, 4) is 5.75 Å². The zero-order valence-corrected chi connectivity index (χ0v) is 23.2. The van der Waals surface area contributed by atoms with Gasteiger partial charge in [0.05, 0.1) is 6.04 Å². The van der Waals surface area contributed by atoms with E-state index in [9.17, 15) is 9.59 Å². The fourth-order valence-corrected chi connectivity index (χ4v) is 4.66. The summed E-state index contributed by atoms with van der Waals surface area (Å²) in [6.07, 6.45) is 3.41. The molecule has 0 bridgehead atoms. The molecule has 0 saturated carbocycles. The number of ketones is 1. The molecule has 0 spiro atoms. The zero-order valence-electron chi connectivity index (χ0n) is 23.2. The number of carbonyl (C=O) groups excluding carboxylic acids is 2. The molecular weight excluding hydrogens is 450 g/mol. The van der Waals surface area contributed by atoms with E-state index in [0.29, 0.717) is 25.3 Å². The zero-order chi connectivity index (χ0) is 27.1. The molecule has 0 fully saturated rings. The average molecular weight is 496 g/mol. The van der Waals surface area contributed by atoms with E-state index in [4.69, 9.17) is 16.2 Å². The summed E-state index contributed by atoms with van der Waals surface area (Å²) < 4.78 is 5.90.